The van der Waals surface area contributed by atoms with Crippen LogP contribution in [0.25, 0.3) is 0 Å². The van der Waals surface area contributed by atoms with Crippen LogP contribution < -0.4 is 5.73 Å². The van der Waals surface area contributed by atoms with Crippen molar-refractivity contribution in [3.05, 3.63) is 0 Å². The number of nitrogens with two attached hydrogens (primary N) is 1. The van der Waals surface area contributed by atoms with Crippen LogP contribution in [-0.2, 0) is 4.74 Å². The average molecular weight is 228 g/mol. The van der Waals surface area contributed by atoms with Gasteiger partial charge >= 0.3 is 6.09 Å². The number of ether oxygens (including phenoxy) is 1. The number of carbonyl (C=O) groups is 1. The number of hydrogen-bond donors (Lipinski definition) is 1. The average Bonchev–Trinajstić information content (AvgIpc) is 2.43. The van der Waals surface area contributed by atoms with Gasteiger partial charge in [0.25, 0.3) is 0 Å². The lowest BCUT2D eigenvalue weighted by Crippen LogP contribution is -2.49. The van der Waals surface area contributed by atoms with Crippen molar-refractivity contribution in [2.75, 3.05) is 6.54 Å². The Hall–Kier alpha value is -0.770. The molecular weight excluding hydrogens is 204 g/mol. The normalized spacial score (nSPS) is 28.0. The largest absolute Gasteiger partial charge is 0.444 e. The molecule has 1 aliphatic rings. The van der Waals surface area contributed by atoms with Crippen molar-refractivity contribution in [2.45, 2.75) is 58.7 Å². The Bertz CT molecular complexity index is 258. The summed E-state index contributed by atoms with van der Waals surface area (Å²) in [5.41, 5.74) is 5.49. The van der Waals surface area contributed by atoms with E-state index in [2.05, 4.69) is 6.92 Å². The molecule has 0 aromatic carbocycles. The highest BCUT2D eigenvalue weighted by atomic mass is 16.6. The molecule has 0 unspecified atom stereocenters. The summed E-state index contributed by atoms with van der Waals surface area (Å²) in [6.07, 6.45) is 0.769. The van der Waals surface area contributed by atoms with Gasteiger partial charge in [-0.1, -0.05) is 6.92 Å². The Morgan fingerprint density at radius 2 is 2.06 bits per heavy atom. The van der Waals surface area contributed by atoms with E-state index < -0.39 is 5.60 Å². The van der Waals surface area contributed by atoms with Crippen molar-refractivity contribution in [1.82, 2.24) is 4.90 Å². The van der Waals surface area contributed by atoms with Gasteiger partial charge in [-0.2, -0.15) is 0 Å². The molecule has 1 rings (SSSR count). The Kier molecular flexibility index (Phi) is 3.84. The van der Waals surface area contributed by atoms with Crippen LogP contribution in [-0.4, -0.2) is 35.2 Å². The molecule has 94 valence electrons. The maximum atomic E-state index is 12.0. The van der Waals surface area contributed by atoms with Gasteiger partial charge in [-0.3, -0.25) is 0 Å². The first kappa shape index (κ1) is 13.3. The van der Waals surface area contributed by atoms with Crippen molar-refractivity contribution >= 4 is 6.09 Å². The number of carbonyl (C=O) groups excluding carboxylic acids is 1. The lowest BCUT2D eigenvalue weighted by Gasteiger charge is -2.32. The molecule has 1 amide bonds. The third-order valence-electron chi connectivity index (χ3n) is 2.93. The van der Waals surface area contributed by atoms with E-state index in [9.17, 15) is 4.79 Å². The third-order valence-corrected chi connectivity index (χ3v) is 2.93. The van der Waals surface area contributed by atoms with Crippen LogP contribution in [0.4, 0.5) is 4.79 Å². The molecule has 0 spiro atoms. The predicted molar refractivity (Wildman–Crippen MR) is 64.2 cm³/mol. The zero-order valence-corrected chi connectivity index (χ0v) is 11.0. The van der Waals surface area contributed by atoms with Crippen LogP contribution in [0.1, 0.15) is 41.0 Å². The second-order valence-electron chi connectivity index (χ2n) is 5.79. The molecule has 3 atom stereocenters. The summed E-state index contributed by atoms with van der Waals surface area (Å²) >= 11 is 0. The van der Waals surface area contributed by atoms with Crippen molar-refractivity contribution in [1.29, 1.82) is 0 Å². The van der Waals surface area contributed by atoms with Crippen LogP contribution in [0.15, 0.2) is 0 Å². The summed E-state index contributed by atoms with van der Waals surface area (Å²) in [5.74, 6) is 0.451. The molecule has 0 aromatic rings. The van der Waals surface area contributed by atoms with E-state index in [-0.39, 0.29) is 18.2 Å². The smallest absolute Gasteiger partial charge is 0.410 e. The second-order valence-corrected chi connectivity index (χ2v) is 5.79. The Labute approximate surface area is 98.1 Å². The highest BCUT2D eigenvalue weighted by Gasteiger charge is 2.38. The molecule has 0 radical (unpaired) electrons. The molecule has 2 N–H and O–H groups in total. The molecule has 16 heavy (non-hydrogen) atoms. The molecule has 4 nitrogen and oxygen atoms in total. The molecule has 1 aliphatic heterocycles. The Balaban J connectivity index is 2.69. The number of hydrogen-bond acceptors (Lipinski definition) is 3. The summed E-state index contributed by atoms with van der Waals surface area (Å²) in [4.78, 5) is 13.7. The van der Waals surface area contributed by atoms with Crippen molar-refractivity contribution in [3.8, 4) is 0 Å². The van der Waals surface area contributed by atoms with E-state index in [1.807, 2.05) is 27.7 Å². The van der Waals surface area contributed by atoms with E-state index in [1.165, 1.54) is 0 Å². The molecule has 1 heterocycles. The van der Waals surface area contributed by atoms with Gasteiger partial charge in [0.15, 0.2) is 0 Å². The fraction of sp³-hybridized carbons (Fsp3) is 0.917. The predicted octanol–water partition coefficient (Wildman–Crippen LogP) is 1.98. The van der Waals surface area contributed by atoms with Crippen LogP contribution in [0.5, 0.6) is 0 Å². The van der Waals surface area contributed by atoms with Crippen LogP contribution in [0, 0.1) is 5.92 Å². The number of likely N-dealkylation sites (tertiary alicyclic amines) is 1. The summed E-state index contributed by atoms with van der Waals surface area (Å²) in [6.45, 7) is 10.5. The lowest BCUT2D eigenvalue weighted by atomic mass is 9.97. The van der Waals surface area contributed by atoms with Gasteiger partial charge in [0, 0.05) is 12.6 Å². The minimum Gasteiger partial charge on any atom is -0.444 e. The van der Waals surface area contributed by atoms with Crippen LogP contribution in [0.2, 0.25) is 0 Å². The highest BCUT2D eigenvalue weighted by Crippen LogP contribution is 2.27. The molecule has 0 aliphatic carbocycles. The second kappa shape index (κ2) is 4.62. The quantitative estimate of drug-likeness (QED) is 0.746. The number of nitrogens with zero attached hydrogens (tertiary/aromatic N) is 1. The zero-order chi connectivity index (χ0) is 12.5. The standard InChI is InChI=1S/C12H24N2O2/c1-8-6-7-14(10(8)9(2)13)11(15)16-12(3,4)5/h8-10H,6-7,13H2,1-5H3/t8-,9-,10-/m0/s1. The van der Waals surface area contributed by atoms with Crippen molar-refractivity contribution in [3.63, 3.8) is 0 Å². The van der Waals surface area contributed by atoms with Crippen molar-refractivity contribution in [2.24, 2.45) is 11.7 Å². The van der Waals surface area contributed by atoms with E-state index in [0.29, 0.717) is 5.92 Å². The Morgan fingerprint density at radius 1 is 1.50 bits per heavy atom. The summed E-state index contributed by atoms with van der Waals surface area (Å²) < 4.78 is 5.38. The topological polar surface area (TPSA) is 55.6 Å². The van der Waals surface area contributed by atoms with Crippen LogP contribution >= 0.6 is 0 Å². The summed E-state index contributed by atoms with van der Waals surface area (Å²) in [5, 5.41) is 0. The first-order chi connectivity index (χ1) is 7.22. The van der Waals surface area contributed by atoms with E-state index in [4.69, 9.17) is 10.5 Å². The van der Waals surface area contributed by atoms with Crippen molar-refractivity contribution < 1.29 is 9.53 Å². The summed E-state index contributed by atoms with van der Waals surface area (Å²) in [7, 11) is 0. The highest BCUT2D eigenvalue weighted by molar-refractivity contribution is 5.69. The van der Waals surface area contributed by atoms with E-state index in [0.717, 1.165) is 13.0 Å². The minimum absolute atomic E-state index is 0.00924. The first-order valence-corrected chi connectivity index (χ1v) is 5.97. The molecule has 0 aromatic heterocycles. The fourth-order valence-corrected chi connectivity index (χ4v) is 2.31. The van der Waals surface area contributed by atoms with Gasteiger partial charge in [-0.25, -0.2) is 4.79 Å². The van der Waals surface area contributed by atoms with Gasteiger partial charge in [-0.15, -0.1) is 0 Å². The zero-order valence-electron chi connectivity index (χ0n) is 11.0. The Morgan fingerprint density at radius 3 is 2.50 bits per heavy atom. The number of amides is 1. The minimum atomic E-state index is -0.439. The van der Waals surface area contributed by atoms with Gasteiger partial charge in [0.05, 0.1) is 6.04 Å². The van der Waals surface area contributed by atoms with Gasteiger partial charge < -0.3 is 15.4 Å². The summed E-state index contributed by atoms with van der Waals surface area (Å²) in [6, 6.07) is 0.0971. The molecule has 4 heteroatoms. The van der Waals surface area contributed by atoms with E-state index in [1.54, 1.807) is 4.90 Å². The van der Waals surface area contributed by atoms with Gasteiger partial charge in [0.2, 0.25) is 0 Å². The maximum absolute atomic E-state index is 12.0. The van der Waals surface area contributed by atoms with Gasteiger partial charge in [0.1, 0.15) is 5.60 Å². The van der Waals surface area contributed by atoms with Gasteiger partial charge in [-0.05, 0) is 40.0 Å². The molecular formula is C12H24N2O2. The maximum Gasteiger partial charge on any atom is 0.410 e. The first-order valence-electron chi connectivity index (χ1n) is 5.97. The van der Waals surface area contributed by atoms with E-state index >= 15 is 0 Å². The monoisotopic (exact) mass is 228 g/mol. The fourth-order valence-electron chi connectivity index (χ4n) is 2.31. The third kappa shape index (κ3) is 3.11. The SMILES string of the molecule is C[C@H](N)[C@@H]1[C@@H](C)CCN1C(=O)OC(C)(C)C. The molecule has 0 bridgehead atoms. The lowest BCUT2D eigenvalue weighted by molar-refractivity contribution is 0.0192. The number of rotatable bonds is 1. The molecule has 1 saturated heterocycles. The van der Waals surface area contributed by atoms with Crippen LogP contribution in [0.3, 0.4) is 0 Å². The molecule has 0 saturated carbocycles. The molecule has 1 fully saturated rings.